The molecule has 0 aromatic heterocycles. The summed E-state index contributed by atoms with van der Waals surface area (Å²) in [6.07, 6.45) is -5.37. The molecule has 62 heavy (non-hydrogen) atoms. The van der Waals surface area contributed by atoms with Crippen LogP contribution in [0, 0.1) is 13.8 Å². The molecule has 0 bridgehead atoms. The summed E-state index contributed by atoms with van der Waals surface area (Å²) in [5.74, 6) is -1.37. The second kappa shape index (κ2) is 18.8. The van der Waals surface area contributed by atoms with Crippen molar-refractivity contribution in [3.63, 3.8) is 0 Å². The van der Waals surface area contributed by atoms with Crippen molar-refractivity contribution >= 4 is 69.7 Å². The van der Waals surface area contributed by atoms with Crippen molar-refractivity contribution in [2.75, 3.05) is 6.54 Å². The molecule has 0 saturated carbocycles. The Morgan fingerprint density at radius 1 is 0.677 bits per heavy atom. The molecule has 328 valence electrons. The molecule has 8 nitrogen and oxygen atoms in total. The minimum atomic E-state index is -4.88. The number of oxime groups is 2. The second-order valence-electron chi connectivity index (χ2n) is 14.1. The third-order valence-corrected chi connectivity index (χ3v) is 10.9. The Labute approximate surface area is 372 Å². The average molecular weight is 944 g/mol. The van der Waals surface area contributed by atoms with E-state index in [1.165, 1.54) is 56.3 Å². The van der Waals surface area contributed by atoms with Crippen LogP contribution in [-0.2, 0) is 20.9 Å². The number of unbranched alkanes of at least 4 members (excludes halogenated alkanes) is 1. The molecule has 0 saturated heterocycles. The Morgan fingerprint density at radius 2 is 1.06 bits per heavy atom. The molecule has 4 aromatic carbocycles. The first-order valence-electron chi connectivity index (χ1n) is 18.7. The van der Waals surface area contributed by atoms with E-state index in [4.69, 9.17) is 56.1 Å². The summed E-state index contributed by atoms with van der Waals surface area (Å²) < 4.78 is 86.5. The predicted molar refractivity (Wildman–Crippen MR) is 228 cm³/mol. The maximum Gasteiger partial charge on any atom is 0.440 e. The molecule has 2 unspecified atom stereocenters. The minimum absolute atomic E-state index is 0.0188. The SMILES string of the molecule is CC=C1C(c2ccc(C(=O)NCCCC)c(C)c2)=NOC1(c1cc(Cl)cc(Cl)c1)C(F)(F)F.CC=C1C(c2ccc(C(=O)O)c(C)c2)=NOC1(c1cc(Cl)cc(Cl)c1)C(F)(F)F. The van der Waals surface area contributed by atoms with Crippen LogP contribution in [0.2, 0.25) is 20.1 Å². The van der Waals surface area contributed by atoms with E-state index in [1.54, 1.807) is 32.0 Å². The maximum atomic E-state index is 14.5. The van der Waals surface area contributed by atoms with Gasteiger partial charge in [-0.15, -0.1) is 0 Å². The van der Waals surface area contributed by atoms with Gasteiger partial charge in [0.05, 0.1) is 5.56 Å². The lowest BCUT2D eigenvalue weighted by Crippen LogP contribution is -2.44. The van der Waals surface area contributed by atoms with E-state index in [9.17, 15) is 41.0 Å². The van der Waals surface area contributed by atoms with Gasteiger partial charge in [-0.05, 0) is 106 Å². The highest BCUT2D eigenvalue weighted by Gasteiger charge is 2.66. The largest absolute Gasteiger partial charge is 0.478 e. The first-order chi connectivity index (χ1) is 29.1. The van der Waals surface area contributed by atoms with Crippen molar-refractivity contribution in [1.82, 2.24) is 5.32 Å². The number of carboxylic acids is 1. The number of amides is 1. The molecule has 1 amide bonds. The van der Waals surface area contributed by atoms with Gasteiger partial charge >= 0.3 is 18.3 Å². The van der Waals surface area contributed by atoms with Gasteiger partial charge in [-0.25, -0.2) is 4.79 Å². The minimum Gasteiger partial charge on any atom is -0.478 e. The van der Waals surface area contributed by atoms with Gasteiger partial charge in [0.25, 0.3) is 17.1 Å². The Hall–Kier alpha value is -5.02. The van der Waals surface area contributed by atoms with E-state index < -0.39 is 29.5 Å². The van der Waals surface area contributed by atoms with Crippen molar-refractivity contribution in [2.45, 2.75) is 71.0 Å². The summed E-state index contributed by atoms with van der Waals surface area (Å²) in [7, 11) is 0. The van der Waals surface area contributed by atoms with E-state index in [2.05, 4.69) is 15.6 Å². The van der Waals surface area contributed by atoms with E-state index in [1.807, 2.05) is 6.92 Å². The fraction of sp³-hybridized carbons (Fsp3) is 0.273. The number of hydrogen-bond donors (Lipinski definition) is 2. The molecule has 0 spiro atoms. The summed E-state index contributed by atoms with van der Waals surface area (Å²) in [5.41, 5.74) is -4.66. The Balaban J connectivity index is 0.000000236. The normalized spacial score (nSPS) is 19.9. The smallest absolute Gasteiger partial charge is 0.440 e. The van der Waals surface area contributed by atoms with E-state index >= 15 is 0 Å². The number of carbonyl (C=O) groups is 2. The van der Waals surface area contributed by atoms with Crippen LogP contribution in [0.3, 0.4) is 0 Å². The maximum absolute atomic E-state index is 14.5. The topological polar surface area (TPSA) is 110 Å². The number of aryl methyl sites for hydroxylation is 2. The number of aromatic carboxylic acids is 1. The number of rotatable bonds is 9. The molecule has 2 aliphatic heterocycles. The van der Waals surface area contributed by atoms with Crippen molar-refractivity contribution in [3.05, 3.63) is 161 Å². The molecule has 2 atom stereocenters. The molecule has 2 aliphatic rings. The zero-order valence-electron chi connectivity index (χ0n) is 33.5. The van der Waals surface area contributed by atoms with Gasteiger partial charge < -0.3 is 20.1 Å². The number of alkyl halides is 6. The lowest BCUT2D eigenvalue weighted by molar-refractivity contribution is -0.262. The molecular formula is C44H37Cl4F6N3O5. The fourth-order valence-electron chi connectivity index (χ4n) is 7.11. The fourth-order valence-corrected chi connectivity index (χ4v) is 8.16. The molecule has 4 aromatic rings. The Bertz CT molecular complexity index is 2500. The number of carboxylic acid groups (broad SMARTS) is 1. The predicted octanol–water partition coefficient (Wildman–Crippen LogP) is 13.1. The van der Waals surface area contributed by atoms with Crippen LogP contribution in [-0.4, -0.2) is 47.3 Å². The number of nitrogens with zero attached hydrogens (tertiary/aromatic N) is 2. The van der Waals surface area contributed by atoms with Crippen LogP contribution in [0.1, 0.15) is 87.7 Å². The number of allylic oxidation sites excluding steroid dienone is 2. The summed E-state index contributed by atoms with van der Waals surface area (Å²) >= 11 is 23.9. The van der Waals surface area contributed by atoms with Gasteiger partial charge in [0.1, 0.15) is 11.4 Å². The quantitative estimate of drug-likeness (QED) is 0.128. The molecule has 0 fully saturated rings. The molecule has 0 radical (unpaired) electrons. The highest BCUT2D eigenvalue weighted by atomic mass is 35.5. The number of nitrogens with one attached hydrogen (secondary N) is 1. The van der Waals surface area contributed by atoms with Crippen LogP contribution in [0.15, 0.2) is 106 Å². The summed E-state index contributed by atoms with van der Waals surface area (Å²) in [4.78, 5) is 33.8. The van der Waals surface area contributed by atoms with Gasteiger partial charge in [0, 0.05) is 65.6 Å². The lowest BCUT2D eigenvalue weighted by atomic mass is 9.81. The molecule has 6 rings (SSSR count). The molecule has 2 N–H and O–H groups in total. The first-order valence-corrected chi connectivity index (χ1v) is 20.2. The summed E-state index contributed by atoms with van der Waals surface area (Å²) in [6, 6.07) is 16.2. The Kier molecular flexibility index (Phi) is 14.5. The lowest BCUT2D eigenvalue weighted by Gasteiger charge is -2.31. The van der Waals surface area contributed by atoms with Crippen molar-refractivity contribution in [3.8, 4) is 0 Å². The number of benzene rings is 4. The highest BCUT2D eigenvalue weighted by molar-refractivity contribution is 6.35. The number of carbonyl (C=O) groups excluding carboxylic acids is 1. The van der Waals surface area contributed by atoms with Crippen LogP contribution in [0.25, 0.3) is 0 Å². The second-order valence-corrected chi connectivity index (χ2v) is 15.9. The van der Waals surface area contributed by atoms with Crippen molar-refractivity contribution in [2.24, 2.45) is 10.3 Å². The zero-order chi connectivity index (χ0) is 45.9. The van der Waals surface area contributed by atoms with E-state index in [0.29, 0.717) is 34.4 Å². The average Bonchev–Trinajstić information content (AvgIpc) is 3.78. The number of hydrogen-bond acceptors (Lipinski definition) is 6. The monoisotopic (exact) mass is 941 g/mol. The first kappa shape index (κ1) is 48.0. The van der Waals surface area contributed by atoms with Gasteiger partial charge in [-0.2, -0.15) is 26.3 Å². The highest BCUT2D eigenvalue weighted by Crippen LogP contribution is 2.54. The van der Waals surface area contributed by atoms with E-state index in [0.717, 1.165) is 37.1 Å². The van der Waals surface area contributed by atoms with Gasteiger partial charge in [0.15, 0.2) is 0 Å². The third-order valence-electron chi connectivity index (χ3n) is 10.0. The zero-order valence-corrected chi connectivity index (χ0v) is 36.5. The molecular weight excluding hydrogens is 906 g/mol. The van der Waals surface area contributed by atoms with Crippen LogP contribution in [0.5, 0.6) is 0 Å². The van der Waals surface area contributed by atoms with Crippen molar-refractivity contribution in [1.29, 1.82) is 0 Å². The van der Waals surface area contributed by atoms with Crippen molar-refractivity contribution < 1.29 is 50.7 Å². The molecule has 18 heteroatoms. The van der Waals surface area contributed by atoms with Crippen LogP contribution >= 0.6 is 46.4 Å². The summed E-state index contributed by atoms with van der Waals surface area (Å²) in [5, 5.41) is 19.7. The van der Waals surface area contributed by atoms with Crippen LogP contribution in [0.4, 0.5) is 26.3 Å². The Morgan fingerprint density at radius 3 is 1.39 bits per heavy atom. The van der Waals surface area contributed by atoms with Gasteiger partial charge in [-0.3, -0.25) is 4.79 Å². The molecule has 2 heterocycles. The number of halogens is 10. The standard InChI is InChI=1S/C24H23Cl2F3N2O2.C20H14Cl2F3NO3/c1-4-6-9-30-22(32)19-8-7-15(10-14(19)3)21-20(5-2)23(33-31-21,24(27,28)29)16-11-17(25)13-18(26)12-16;1-3-16-17(11-4-5-15(18(27)28)10(2)6-11)26-29-19(16,20(23,24)25)12-7-13(21)9-14(22)8-12/h5,7-8,10-13H,4,6,9H2,1-3H3,(H,30,32);3-9H,1-2H3,(H,27,28). The molecule has 0 aliphatic carbocycles. The summed E-state index contributed by atoms with van der Waals surface area (Å²) in [6.45, 7) is 8.76. The van der Waals surface area contributed by atoms with Gasteiger partial charge in [0.2, 0.25) is 0 Å². The van der Waals surface area contributed by atoms with Gasteiger partial charge in [-0.1, -0.05) is 94.3 Å². The van der Waals surface area contributed by atoms with E-state index in [-0.39, 0.29) is 65.3 Å². The third kappa shape index (κ3) is 9.20. The van der Waals surface area contributed by atoms with Crippen LogP contribution < -0.4 is 5.32 Å².